The predicted octanol–water partition coefficient (Wildman–Crippen LogP) is -0.414. The molecule has 0 aliphatic carbocycles. The van der Waals surface area contributed by atoms with Crippen molar-refractivity contribution in [3.05, 3.63) is 18.2 Å². The van der Waals surface area contributed by atoms with Crippen LogP contribution < -0.4 is 15.5 Å². The molecule has 0 aromatic carbocycles. The Bertz CT molecular complexity index is 417. The SMILES string of the molecule is CNc1cccc(N2CC(=O)NC(=O)C2)n1. The first kappa shape index (κ1) is 10.4. The smallest absolute Gasteiger partial charge is 0.246 e. The molecule has 1 aliphatic rings. The summed E-state index contributed by atoms with van der Waals surface area (Å²) in [5.74, 6) is 0.729. The van der Waals surface area contributed by atoms with Crippen molar-refractivity contribution < 1.29 is 9.59 Å². The number of aromatic nitrogens is 1. The Morgan fingerprint density at radius 1 is 1.31 bits per heavy atom. The molecule has 1 aromatic heterocycles. The van der Waals surface area contributed by atoms with Gasteiger partial charge in [-0.15, -0.1) is 0 Å². The van der Waals surface area contributed by atoms with E-state index in [1.165, 1.54) is 0 Å². The molecule has 6 heteroatoms. The Labute approximate surface area is 92.7 Å². The zero-order valence-electron chi connectivity index (χ0n) is 8.86. The number of carbonyl (C=O) groups is 2. The molecule has 2 rings (SSSR count). The van der Waals surface area contributed by atoms with Crippen LogP contribution in [0.4, 0.5) is 11.6 Å². The van der Waals surface area contributed by atoms with Crippen molar-refractivity contribution in [1.82, 2.24) is 10.3 Å². The molecular weight excluding hydrogens is 208 g/mol. The number of amides is 2. The quantitative estimate of drug-likeness (QED) is 0.662. The van der Waals surface area contributed by atoms with Crippen LogP contribution in [0.3, 0.4) is 0 Å². The van der Waals surface area contributed by atoms with Crippen LogP contribution in [0.25, 0.3) is 0 Å². The molecule has 1 aromatic rings. The molecule has 6 nitrogen and oxygen atoms in total. The number of anilines is 2. The summed E-state index contributed by atoms with van der Waals surface area (Å²) in [6, 6.07) is 5.41. The predicted molar refractivity (Wildman–Crippen MR) is 59.1 cm³/mol. The highest BCUT2D eigenvalue weighted by molar-refractivity contribution is 6.02. The minimum atomic E-state index is -0.298. The number of piperazine rings is 1. The highest BCUT2D eigenvalue weighted by atomic mass is 16.2. The lowest BCUT2D eigenvalue weighted by molar-refractivity contribution is -0.130. The zero-order chi connectivity index (χ0) is 11.5. The first-order chi connectivity index (χ1) is 7.69. The van der Waals surface area contributed by atoms with Gasteiger partial charge in [0.15, 0.2) is 0 Å². The van der Waals surface area contributed by atoms with Crippen LogP contribution in [0, 0.1) is 0 Å². The molecule has 2 amide bonds. The van der Waals surface area contributed by atoms with Gasteiger partial charge in [-0.25, -0.2) is 4.98 Å². The van der Waals surface area contributed by atoms with Crippen molar-refractivity contribution in [2.75, 3.05) is 30.4 Å². The third-order valence-electron chi connectivity index (χ3n) is 2.26. The van der Waals surface area contributed by atoms with Crippen LogP contribution in [-0.4, -0.2) is 36.9 Å². The van der Waals surface area contributed by atoms with Gasteiger partial charge in [0.25, 0.3) is 0 Å². The zero-order valence-corrected chi connectivity index (χ0v) is 8.86. The van der Waals surface area contributed by atoms with Crippen LogP contribution in [0.1, 0.15) is 0 Å². The van der Waals surface area contributed by atoms with Gasteiger partial charge < -0.3 is 10.2 Å². The lowest BCUT2D eigenvalue weighted by Gasteiger charge is -2.26. The fourth-order valence-electron chi connectivity index (χ4n) is 1.54. The van der Waals surface area contributed by atoms with E-state index in [-0.39, 0.29) is 24.9 Å². The van der Waals surface area contributed by atoms with Crippen LogP contribution in [0.15, 0.2) is 18.2 Å². The highest BCUT2D eigenvalue weighted by Gasteiger charge is 2.23. The van der Waals surface area contributed by atoms with E-state index in [1.807, 2.05) is 12.1 Å². The minimum absolute atomic E-state index is 0.159. The molecule has 16 heavy (non-hydrogen) atoms. The maximum atomic E-state index is 11.2. The Hall–Kier alpha value is -2.11. The van der Waals surface area contributed by atoms with Gasteiger partial charge >= 0.3 is 0 Å². The van der Waals surface area contributed by atoms with E-state index in [0.717, 1.165) is 0 Å². The molecule has 1 aliphatic heterocycles. The monoisotopic (exact) mass is 220 g/mol. The average molecular weight is 220 g/mol. The number of imide groups is 1. The molecule has 2 heterocycles. The number of hydrogen-bond donors (Lipinski definition) is 2. The summed E-state index contributed by atoms with van der Waals surface area (Å²) in [6.07, 6.45) is 0. The molecule has 0 saturated carbocycles. The Balaban J connectivity index is 2.22. The van der Waals surface area contributed by atoms with Gasteiger partial charge in [-0.2, -0.15) is 0 Å². The molecule has 84 valence electrons. The Morgan fingerprint density at radius 3 is 2.62 bits per heavy atom. The number of nitrogens with zero attached hydrogens (tertiary/aromatic N) is 2. The second-order valence-electron chi connectivity index (χ2n) is 3.46. The maximum absolute atomic E-state index is 11.2. The van der Waals surface area contributed by atoms with Crippen molar-refractivity contribution in [3.8, 4) is 0 Å². The third-order valence-corrected chi connectivity index (χ3v) is 2.26. The summed E-state index contributed by atoms with van der Waals surface area (Å²) in [4.78, 5) is 28.3. The van der Waals surface area contributed by atoms with Crippen LogP contribution in [0.2, 0.25) is 0 Å². The minimum Gasteiger partial charge on any atom is -0.373 e. The van der Waals surface area contributed by atoms with E-state index < -0.39 is 0 Å². The van der Waals surface area contributed by atoms with Crippen LogP contribution in [0.5, 0.6) is 0 Å². The topological polar surface area (TPSA) is 74.3 Å². The molecule has 0 spiro atoms. The number of rotatable bonds is 2. The number of carbonyl (C=O) groups excluding carboxylic acids is 2. The third kappa shape index (κ3) is 2.10. The maximum Gasteiger partial charge on any atom is 0.246 e. The summed E-state index contributed by atoms with van der Waals surface area (Å²) >= 11 is 0. The van der Waals surface area contributed by atoms with Crippen LogP contribution in [-0.2, 0) is 9.59 Å². The molecule has 0 bridgehead atoms. The second-order valence-corrected chi connectivity index (χ2v) is 3.46. The fourth-order valence-corrected chi connectivity index (χ4v) is 1.54. The lowest BCUT2D eigenvalue weighted by atomic mass is 10.3. The summed E-state index contributed by atoms with van der Waals surface area (Å²) in [5.41, 5.74) is 0. The summed E-state index contributed by atoms with van der Waals surface area (Å²) < 4.78 is 0. The molecular formula is C10H12N4O2. The largest absolute Gasteiger partial charge is 0.373 e. The summed E-state index contributed by atoms with van der Waals surface area (Å²) in [6.45, 7) is 0.317. The van der Waals surface area contributed by atoms with E-state index in [4.69, 9.17) is 0 Å². The van der Waals surface area contributed by atoms with Crippen molar-refractivity contribution in [2.45, 2.75) is 0 Å². The van der Waals surface area contributed by atoms with Crippen molar-refractivity contribution in [1.29, 1.82) is 0 Å². The van der Waals surface area contributed by atoms with Gasteiger partial charge in [0.1, 0.15) is 11.6 Å². The average Bonchev–Trinajstić information content (AvgIpc) is 2.28. The van der Waals surface area contributed by atoms with Gasteiger partial charge in [-0.3, -0.25) is 14.9 Å². The second kappa shape index (κ2) is 4.18. The van der Waals surface area contributed by atoms with Crippen LogP contribution >= 0.6 is 0 Å². The Kier molecular flexibility index (Phi) is 2.72. The first-order valence-electron chi connectivity index (χ1n) is 4.91. The first-order valence-corrected chi connectivity index (χ1v) is 4.91. The molecule has 0 atom stereocenters. The summed E-state index contributed by atoms with van der Waals surface area (Å²) in [5, 5.41) is 5.15. The van der Waals surface area contributed by atoms with Gasteiger partial charge in [-0.1, -0.05) is 6.07 Å². The van der Waals surface area contributed by atoms with Gasteiger partial charge in [0.05, 0.1) is 13.1 Å². The fraction of sp³-hybridized carbons (Fsp3) is 0.300. The van der Waals surface area contributed by atoms with E-state index in [1.54, 1.807) is 18.0 Å². The standard InChI is InChI=1S/C10H12N4O2/c1-11-7-3-2-4-8(12-7)14-5-9(15)13-10(16)6-14/h2-4H,5-6H2,1H3,(H,11,12)(H,13,15,16). The van der Waals surface area contributed by atoms with Crippen molar-refractivity contribution in [2.24, 2.45) is 0 Å². The molecule has 0 radical (unpaired) electrons. The van der Waals surface area contributed by atoms with Crippen molar-refractivity contribution >= 4 is 23.5 Å². The molecule has 2 N–H and O–H groups in total. The summed E-state index contributed by atoms with van der Waals surface area (Å²) in [7, 11) is 1.76. The van der Waals surface area contributed by atoms with E-state index in [9.17, 15) is 9.59 Å². The molecule has 1 saturated heterocycles. The van der Waals surface area contributed by atoms with E-state index in [0.29, 0.717) is 11.6 Å². The van der Waals surface area contributed by atoms with E-state index in [2.05, 4.69) is 15.6 Å². The van der Waals surface area contributed by atoms with Gasteiger partial charge in [-0.05, 0) is 12.1 Å². The van der Waals surface area contributed by atoms with E-state index >= 15 is 0 Å². The Morgan fingerprint density at radius 2 is 2.00 bits per heavy atom. The van der Waals surface area contributed by atoms with Crippen molar-refractivity contribution in [3.63, 3.8) is 0 Å². The number of pyridine rings is 1. The molecule has 0 unspecified atom stereocenters. The van der Waals surface area contributed by atoms with Gasteiger partial charge in [0, 0.05) is 7.05 Å². The molecule has 1 fully saturated rings. The van der Waals surface area contributed by atoms with Gasteiger partial charge in [0.2, 0.25) is 11.8 Å². The normalized spacial score (nSPS) is 15.9. The number of nitrogens with one attached hydrogen (secondary N) is 2. The lowest BCUT2D eigenvalue weighted by Crippen LogP contribution is -2.51. The highest BCUT2D eigenvalue weighted by Crippen LogP contribution is 2.14. The number of hydrogen-bond acceptors (Lipinski definition) is 5.